The Balaban J connectivity index is 3.91. The molecule has 0 heterocycles. The second-order valence-corrected chi connectivity index (χ2v) is 1.74. The summed E-state index contributed by atoms with van der Waals surface area (Å²) >= 11 is 0. The smallest absolute Gasteiger partial charge is 0.337 e. The molecular weight excluding hydrogens is 112 g/mol. The van der Waals surface area contributed by atoms with E-state index in [1.807, 2.05) is 0 Å². The highest BCUT2D eigenvalue weighted by Gasteiger charge is 2.28. The minimum atomic E-state index is -1.99. The zero-order valence-corrected chi connectivity index (χ0v) is 4.46. The summed E-state index contributed by atoms with van der Waals surface area (Å²) in [7, 11) is 0. The van der Waals surface area contributed by atoms with Crippen LogP contribution in [-0.4, -0.2) is 33.5 Å². The Kier molecular flexibility index (Phi) is 1.94. The van der Waals surface area contributed by atoms with Crippen molar-refractivity contribution in [3.63, 3.8) is 0 Å². The van der Waals surface area contributed by atoms with Gasteiger partial charge in [0, 0.05) is 0 Å². The zero-order valence-electron chi connectivity index (χ0n) is 4.46. The number of aliphatic hydroxyl groups excluding tert-OH is 1. The van der Waals surface area contributed by atoms with Crippen molar-refractivity contribution >= 4 is 5.97 Å². The van der Waals surface area contributed by atoms with Crippen molar-refractivity contribution in [2.75, 3.05) is 6.61 Å². The standard InChI is InChI=1S/C4H8O4/c1-4(8,2-5)3(6)7/h5,8H,2H2,1H3,(H,6,7)/t4-/m1/s1. The summed E-state index contributed by atoms with van der Waals surface area (Å²) in [6.07, 6.45) is 0. The monoisotopic (exact) mass is 120 g/mol. The van der Waals surface area contributed by atoms with E-state index in [9.17, 15) is 4.79 Å². The predicted octanol–water partition coefficient (Wildman–Crippen LogP) is -1.19. The largest absolute Gasteiger partial charge is 0.479 e. The molecule has 0 rings (SSSR count). The van der Waals surface area contributed by atoms with Crippen molar-refractivity contribution in [2.45, 2.75) is 12.5 Å². The molecule has 1 atom stereocenters. The van der Waals surface area contributed by atoms with Crippen molar-refractivity contribution in [1.82, 2.24) is 0 Å². The van der Waals surface area contributed by atoms with Gasteiger partial charge in [0.05, 0.1) is 6.61 Å². The van der Waals surface area contributed by atoms with Crippen LogP contribution in [0.4, 0.5) is 0 Å². The van der Waals surface area contributed by atoms with Crippen molar-refractivity contribution in [1.29, 1.82) is 0 Å². The average molecular weight is 120 g/mol. The molecule has 0 aromatic rings. The Bertz CT molecular complexity index is 96.2. The number of carboxylic acid groups (broad SMARTS) is 1. The first-order chi connectivity index (χ1) is 3.50. The summed E-state index contributed by atoms with van der Waals surface area (Å²) in [4.78, 5) is 9.84. The predicted molar refractivity (Wildman–Crippen MR) is 25.3 cm³/mol. The van der Waals surface area contributed by atoms with Gasteiger partial charge in [0.2, 0.25) is 0 Å². The molecule has 0 spiro atoms. The number of aliphatic hydroxyl groups is 2. The van der Waals surface area contributed by atoms with Gasteiger partial charge in [-0.15, -0.1) is 0 Å². The SMILES string of the molecule is C[C@@](O)(CO)C(=O)O. The maximum Gasteiger partial charge on any atom is 0.337 e. The number of hydrogen-bond donors (Lipinski definition) is 3. The number of carbonyl (C=O) groups is 1. The lowest BCUT2D eigenvalue weighted by atomic mass is 10.1. The first-order valence-electron chi connectivity index (χ1n) is 2.07. The molecule has 0 unspecified atom stereocenters. The van der Waals surface area contributed by atoms with Crippen LogP contribution in [0.2, 0.25) is 0 Å². The normalized spacial score (nSPS) is 17.4. The van der Waals surface area contributed by atoms with E-state index in [-0.39, 0.29) is 0 Å². The molecular formula is C4H8O4. The number of aliphatic carboxylic acids is 1. The minimum Gasteiger partial charge on any atom is -0.479 e. The molecule has 0 aliphatic rings. The molecule has 8 heavy (non-hydrogen) atoms. The summed E-state index contributed by atoms with van der Waals surface area (Å²) in [5, 5.41) is 24.7. The Morgan fingerprint density at radius 1 is 1.75 bits per heavy atom. The van der Waals surface area contributed by atoms with Gasteiger partial charge in [-0.1, -0.05) is 0 Å². The van der Waals surface area contributed by atoms with Gasteiger partial charge in [-0.3, -0.25) is 0 Å². The van der Waals surface area contributed by atoms with Crippen LogP contribution < -0.4 is 0 Å². The zero-order chi connectivity index (χ0) is 6.78. The third-order valence-electron chi connectivity index (χ3n) is 0.769. The third-order valence-corrected chi connectivity index (χ3v) is 0.769. The van der Waals surface area contributed by atoms with Crippen LogP contribution in [0.3, 0.4) is 0 Å². The van der Waals surface area contributed by atoms with E-state index in [1.54, 1.807) is 0 Å². The third kappa shape index (κ3) is 1.48. The number of carboxylic acids is 1. The van der Waals surface area contributed by atoms with E-state index < -0.39 is 18.2 Å². The van der Waals surface area contributed by atoms with Gasteiger partial charge in [-0.2, -0.15) is 0 Å². The van der Waals surface area contributed by atoms with Crippen LogP contribution in [0.25, 0.3) is 0 Å². The fourth-order valence-corrected chi connectivity index (χ4v) is 0.0676. The summed E-state index contributed by atoms with van der Waals surface area (Å²) in [5.41, 5.74) is -1.99. The van der Waals surface area contributed by atoms with E-state index in [2.05, 4.69) is 0 Å². The lowest BCUT2D eigenvalue weighted by Gasteiger charge is -2.12. The van der Waals surface area contributed by atoms with Crippen molar-refractivity contribution in [3.05, 3.63) is 0 Å². The van der Waals surface area contributed by atoms with E-state index in [0.717, 1.165) is 6.92 Å². The van der Waals surface area contributed by atoms with Crippen LogP contribution >= 0.6 is 0 Å². The van der Waals surface area contributed by atoms with E-state index in [0.29, 0.717) is 0 Å². The van der Waals surface area contributed by atoms with Gasteiger partial charge in [-0.25, -0.2) is 4.79 Å². The molecule has 3 N–H and O–H groups in total. The van der Waals surface area contributed by atoms with Crippen molar-refractivity contribution in [3.8, 4) is 0 Å². The van der Waals surface area contributed by atoms with Crippen LogP contribution in [0.5, 0.6) is 0 Å². The lowest BCUT2D eigenvalue weighted by molar-refractivity contribution is -0.160. The Morgan fingerprint density at radius 3 is 2.12 bits per heavy atom. The molecule has 0 radical (unpaired) electrons. The van der Waals surface area contributed by atoms with Gasteiger partial charge >= 0.3 is 5.97 Å². The highest BCUT2D eigenvalue weighted by molar-refractivity contribution is 5.76. The number of rotatable bonds is 2. The molecule has 0 aromatic carbocycles. The van der Waals surface area contributed by atoms with Gasteiger partial charge in [0.1, 0.15) is 0 Å². The number of hydrogen-bond acceptors (Lipinski definition) is 3. The topological polar surface area (TPSA) is 77.8 Å². The molecule has 0 saturated heterocycles. The molecule has 0 aliphatic carbocycles. The summed E-state index contributed by atoms with van der Waals surface area (Å²) in [6.45, 7) is 0.262. The highest BCUT2D eigenvalue weighted by Crippen LogP contribution is 1.99. The lowest BCUT2D eigenvalue weighted by Crippen LogP contribution is -2.38. The molecule has 4 heteroatoms. The van der Waals surface area contributed by atoms with E-state index in [4.69, 9.17) is 15.3 Å². The summed E-state index contributed by atoms with van der Waals surface area (Å²) in [6, 6.07) is 0. The maximum atomic E-state index is 9.84. The van der Waals surface area contributed by atoms with Crippen LogP contribution in [-0.2, 0) is 4.79 Å². The Labute approximate surface area is 46.4 Å². The molecule has 0 fully saturated rings. The second kappa shape index (κ2) is 2.11. The molecule has 0 aliphatic heterocycles. The average Bonchev–Trinajstić information content (AvgIpc) is 1.67. The van der Waals surface area contributed by atoms with Crippen LogP contribution in [0.1, 0.15) is 6.92 Å². The molecule has 0 amide bonds. The van der Waals surface area contributed by atoms with Crippen LogP contribution in [0.15, 0.2) is 0 Å². The maximum absolute atomic E-state index is 9.84. The second-order valence-electron chi connectivity index (χ2n) is 1.74. The highest BCUT2D eigenvalue weighted by atomic mass is 16.4. The van der Waals surface area contributed by atoms with Gasteiger partial charge in [0.25, 0.3) is 0 Å². The quantitative estimate of drug-likeness (QED) is 0.428. The molecule has 4 nitrogen and oxygen atoms in total. The van der Waals surface area contributed by atoms with E-state index >= 15 is 0 Å². The first-order valence-corrected chi connectivity index (χ1v) is 2.07. The fraction of sp³-hybridized carbons (Fsp3) is 0.750. The minimum absolute atomic E-state index is 0.762. The first kappa shape index (κ1) is 7.39. The molecule has 0 bridgehead atoms. The van der Waals surface area contributed by atoms with Gasteiger partial charge in [0.15, 0.2) is 5.60 Å². The van der Waals surface area contributed by atoms with Crippen molar-refractivity contribution < 1.29 is 20.1 Å². The van der Waals surface area contributed by atoms with E-state index in [1.165, 1.54) is 0 Å². The molecule has 48 valence electrons. The summed E-state index contributed by atoms with van der Waals surface area (Å²) < 4.78 is 0. The Hall–Kier alpha value is -0.610. The Morgan fingerprint density at radius 2 is 2.12 bits per heavy atom. The summed E-state index contributed by atoms with van der Waals surface area (Å²) in [5.74, 6) is -1.42. The molecule has 0 aromatic heterocycles. The van der Waals surface area contributed by atoms with Crippen LogP contribution in [0, 0.1) is 0 Å². The van der Waals surface area contributed by atoms with Gasteiger partial charge < -0.3 is 15.3 Å². The molecule has 0 saturated carbocycles. The fourth-order valence-electron chi connectivity index (χ4n) is 0.0676. The van der Waals surface area contributed by atoms with Crippen molar-refractivity contribution in [2.24, 2.45) is 0 Å². The van der Waals surface area contributed by atoms with Gasteiger partial charge in [-0.05, 0) is 6.92 Å².